The van der Waals surface area contributed by atoms with E-state index < -0.39 is 38.5 Å². The van der Waals surface area contributed by atoms with Gasteiger partial charge in [-0.25, -0.2) is 8.42 Å². The maximum Gasteiger partial charge on any atom is 0.297 e. The molecule has 2 aromatic heterocycles. The first-order chi connectivity index (χ1) is 23.2. The van der Waals surface area contributed by atoms with E-state index in [4.69, 9.17) is 24.7 Å². The quantitative estimate of drug-likeness (QED) is 0.190. The van der Waals surface area contributed by atoms with E-state index in [1.807, 2.05) is 6.07 Å². The molecule has 0 bridgehead atoms. The number of H-pyrrole nitrogens is 1. The van der Waals surface area contributed by atoms with Crippen LogP contribution < -0.4 is 25.4 Å². The van der Waals surface area contributed by atoms with Gasteiger partial charge in [0.1, 0.15) is 24.0 Å². The Morgan fingerprint density at radius 1 is 1.10 bits per heavy atom. The summed E-state index contributed by atoms with van der Waals surface area (Å²) in [5.41, 5.74) is 6.41. The number of ether oxygens (including phenoxy) is 4. The summed E-state index contributed by atoms with van der Waals surface area (Å²) in [6.45, 7) is 3.76. The minimum atomic E-state index is -4.56. The topological polar surface area (TPSA) is 204 Å². The first-order valence-electron chi connectivity index (χ1n) is 15.4. The lowest BCUT2D eigenvalue weighted by Gasteiger charge is -2.40. The van der Waals surface area contributed by atoms with Crippen LogP contribution >= 0.6 is 0 Å². The van der Waals surface area contributed by atoms with Crippen molar-refractivity contribution in [3.8, 4) is 11.6 Å². The molecule has 0 aliphatic carbocycles. The molecule has 0 radical (unpaired) electrons. The van der Waals surface area contributed by atoms with E-state index in [2.05, 4.69) is 20.2 Å². The molecule has 250 valence electrons. The summed E-state index contributed by atoms with van der Waals surface area (Å²) in [6, 6.07) is 9.28. The molecule has 16 nitrogen and oxygen atoms in total. The summed E-state index contributed by atoms with van der Waals surface area (Å²) in [5, 5.41) is 16.3. The number of aromatic nitrogens is 2. The Bertz CT molecular complexity index is 2060. The first-order valence-corrected chi connectivity index (χ1v) is 16.9. The number of amides is 1. The molecule has 4 N–H and O–H groups in total. The van der Waals surface area contributed by atoms with Gasteiger partial charge in [-0.05, 0) is 24.3 Å². The molecule has 2 fully saturated rings. The van der Waals surface area contributed by atoms with Crippen LogP contribution in [0.1, 0.15) is 10.4 Å². The van der Waals surface area contributed by atoms with E-state index in [0.29, 0.717) is 31.1 Å². The Kier molecular flexibility index (Phi) is 7.35. The van der Waals surface area contributed by atoms with Gasteiger partial charge in [0.15, 0.2) is 11.4 Å². The van der Waals surface area contributed by atoms with Crippen LogP contribution in [0.5, 0.6) is 11.6 Å². The van der Waals surface area contributed by atoms with Gasteiger partial charge in [-0.3, -0.25) is 19.8 Å². The van der Waals surface area contributed by atoms with Gasteiger partial charge in [-0.2, -0.15) is 4.98 Å². The number of primary amides is 1. The van der Waals surface area contributed by atoms with Gasteiger partial charge >= 0.3 is 0 Å². The number of pyridine rings is 1. The molecule has 0 saturated carbocycles. The molecule has 3 atom stereocenters. The van der Waals surface area contributed by atoms with Crippen molar-refractivity contribution in [2.24, 2.45) is 5.73 Å². The maximum atomic E-state index is 14.7. The molecule has 6 heterocycles. The number of nitrogens with one attached hydrogen (secondary N) is 2. The van der Waals surface area contributed by atoms with Gasteiger partial charge in [0, 0.05) is 43.4 Å². The second-order valence-corrected chi connectivity index (χ2v) is 13.9. The number of nitro groups is 1. The Morgan fingerprint density at radius 2 is 1.94 bits per heavy atom. The maximum absolute atomic E-state index is 14.7. The summed E-state index contributed by atoms with van der Waals surface area (Å²) < 4.78 is 52.6. The van der Waals surface area contributed by atoms with E-state index in [0.717, 1.165) is 24.5 Å². The number of anilines is 3. The minimum Gasteiger partial charge on any atom is -0.489 e. The van der Waals surface area contributed by atoms with Crippen LogP contribution in [0.3, 0.4) is 0 Å². The van der Waals surface area contributed by atoms with Crippen molar-refractivity contribution in [2.45, 2.75) is 28.0 Å². The fourth-order valence-corrected chi connectivity index (χ4v) is 8.28. The molecule has 0 unspecified atom stereocenters. The molecule has 2 aromatic carbocycles. The molecule has 0 spiro atoms. The lowest BCUT2D eigenvalue weighted by molar-refractivity contribution is -0.384. The van der Waals surface area contributed by atoms with Gasteiger partial charge in [-0.1, -0.05) is 6.07 Å². The van der Waals surface area contributed by atoms with Gasteiger partial charge in [-0.15, -0.1) is 0 Å². The lowest BCUT2D eigenvalue weighted by Crippen LogP contribution is -2.47. The molecular formula is C31H31N7O9S. The monoisotopic (exact) mass is 677 g/mol. The molecule has 48 heavy (non-hydrogen) atoms. The smallest absolute Gasteiger partial charge is 0.297 e. The number of nitro benzene ring substituents is 1. The third-order valence-corrected chi connectivity index (χ3v) is 10.8. The zero-order chi connectivity index (χ0) is 33.2. The van der Waals surface area contributed by atoms with Crippen molar-refractivity contribution < 1.29 is 37.1 Å². The van der Waals surface area contributed by atoms with Gasteiger partial charge < -0.3 is 39.9 Å². The molecular weight excluding hydrogens is 646 g/mol. The highest BCUT2D eigenvalue weighted by molar-refractivity contribution is 7.91. The predicted octanol–water partition coefficient (Wildman–Crippen LogP) is 2.21. The largest absolute Gasteiger partial charge is 0.489 e. The number of nitrogens with two attached hydrogens (primary N) is 1. The number of benzene rings is 2. The number of para-hydroxylation sites is 1. The number of rotatable bonds is 7. The molecule has 4 aromatic rings. The van der Waals surface area contributed by atoms with E-state index in [-0.39, 0.29) is 64.2 Å². The number of morpholine rings is 1. The number of carbonyl (C=O) groups excluding carboxylic acids is 1. The van der Waals surface area contributed by atoms with Gasteiger partial charge in [0.25, 0.3) is 11.6 Å². The normalized spacial score (nSPS) is 22.2. The summed E-state index contributed by atoms with van der Waals surface area (Å²) in [4.78, 5) is 35.5. The fraction of sp³-hybridized carbons (Fsp3) is 0.355. The summed E-state index contributed by atoms with van der Waals surface area (Å²) in [5.74, 6) is -0.611. The molecule has 1 amide bonds. The zero-order valence-electron chi connectivity index (χ0n) is 25.5. The highest BCUT2D eigenvalue weighted by Gasteiger charge is 2.45. The Balaban J connectivity index is 1.25. The number of hydrogen-bond donors (Lipinski definition) is 3. The summed E-state index contributed by atoms with van der Waals surface area (Å²) in [7, 11) is -4.56. The SMILES string of the molecule is NC(=O)c1cccc(S(=O)(=O)c2cc3c(c([N+](=O)[O-])c2)N[C@H](CN2CCOCC2)CO3)c1N1c2cc3cc[nH]c3nc2O[C@@H]2COC[C@H]21. The standard InChI is InChI=1S/C31H31N7O9S/c32-29(39)20-2-1-3-26(28(20)37-22-10-17-4-5-33-30(17)35-31(22)47-25-16-45-15-23(25)37)48(42,43)19-11-21(38(40)41)27-24(12-19)46-14-18(34-27)13-36-6-8-44-9-7-36/h1-5,10-12,18,23,25,34H,6-9,13-16H2,(H2,32,39)(H,33,35)/t18-,23-,25-/m1/s1. The zero-order valence-corrected chi connectivity index (χ0v) is 26.3. The molecule has 2 saturated heterocycles. The van der Waals surface area contributed by atoms with E-state index in [1.54, 1.807) is 17.2 Å². The predicted molar refractivity (Wildman–Crippen MR) is 171 cm³/mol. The van der Waals surface area contributed by atoms with Crippen LogP contribution in [-0.2, 0) is 19.3 Å². The van der Waals surface area contributed by atoms with Crippen LogP contribution in [0.4, 0.5) is 22.7 Å². The molecule has 4 aliphatic rings. The Morgan fingerprint density at radius 3 is 2.73 bits per heavy atom. The fourth-order valence-electron chi connectivity index (χ4n) is 6.78. The number of hydrogen-bond acceptors (Lipinski definition) is 13. The van der Waals surface area contributed by atoms with Gasteiger partial charge in [0.05, 0.1) is 64.5 Å². The average molecular weight is 678 g/mol. The van der Waals surface area contributed by atoms with Crippen LogP contribution in [0.2, 0.25) is 0 Å². The van der Waals surface area contributed by atoms with E-state index in [9.17, 15) is 23.3 Å². The van der Waals surface area contributed by atoms with Crippen molar-refractivity contribution in [2.75, 3.05) is 62.9 Å². The highest BCUT2D eigenvalue weighted by Crippen LogP contribution is 2.48. The number of carbonyl (C=O) groups is 1. The third-order valence-electron chi connectivity index (χ3n) is 9.06. The van der Waals surface area contributed by atoms with Crippen molar-refractivity contribution in [1.82, 2.24) is 14.9 Å². The molecule has 17 heteroatoms. The number of aromatic amines is 1. The Hall–Kier alpha value is -4.97. The second kappa shape index (κ2) is 11.6. The third kappa shape index (κ3) is 5.06. The summed E-state index contributed by atoms with van der Waals surface area (Å²) >= 11 is 0. The van der Waals surface area contributed by atoms with Crippen LogP contribution in [0.15, 0.2) is 58.5 Å². The van der Waals surface area contributed by atoms with Crippen LogP contribution in [-0.4, -0.2) is 105 Å². The highest BCUT2D eigenvalue weighted by atomic mass is 32.2. The van der Waals surface area contributed by atoms with E-state index >= 15 is 0 Å². The number of fused-ring (bicyclic) bond motifs is 4. The van der Waals surface area contributed by atoms with Crippen molar-refractivity contribution in [1.29, 1.82) is 0 Å². The minimum absolute atomic E-state index is 0.00303. The molecule has 4 aliphatic heterocycles. The van der Waals surface area contributed by atoms with Crippen molar-refractivity contribution in [3.63, 3.8) is 0 Å². The second-order valence-electron chi connectivity index (χ2n) is 12.0. The summed E-state index contributed by atoms with van der Waals surface area (Å²) in [6.07, 6.45) is 1.18. The van der Waals surface area contributed by atoms with Crippen molar-refractivity contribution in [3.05, 3.63) is 64.3 Å². The molecule has 8 rings (SSSR count). The van der Waals surface area contributed by atoms with Crippen LogP contribution in [0.25, 0.3) is 11.0 Å². The lowest BCUT2D eigenvalue weighted by atomic mass is 10.0. The number of nitrogens with zero attached hydrogens (tertiary/aromatic N) is 4. The van der Waals surface area contributed by atoms with E-state index in [1.165, 1.54) is 24.3 Å². The van der Waals surface area contributed by atoms with Gasteiger partial charge in [0.2, 0.25) is 15.7 Å². The van der Waals surface area contributed by atoms with Crippen LogP contribution in [0, 0.1) is 10.1 Å². The first kappa shape index (κ1) is 30.4. The Labute approximate surface area is 273 Å². The van der Waals surface area contributed by atoms with Crippen molar-refractivity contribution >= 4 is 49.5 Å². The number of sulfone groups is 1. The average Bonchev–Trinajstić information content (AvgIpc) is 3.75.